The zero-order chi connectivity index (χ0) is 14.7. The van der Waals surface area contributed by atoms with Gasteiger partial charge in [0, 0.05) is 17.0 Å². The number of carbonyl (C=O) groups is 1. The molecule has 1 heterocycles. The molecule has 1 aromatic carbocycles. The third-order valence-electron chi connectivity index (χ3n) is 3.38. The Morgan fingerprint density at radius 3 is 2.25 bits per heavy atom. The maximum Gasteiger partial charge on any atom is 0.338 e. The van der Waals surface area contributed by atoms with Crippen LogP contribution in [0.15, 0.2) is 24.3 Å². The number of rotatable bonds is 4. The van der Waals surface area contributed by atoms with Crippen LogP contribution < -0.4 is 0 Å². The van der Waals surface area contributed by atoms with Crippen molar-refractivity contribution in [3.05, 3.63) is 46.8 Å². The van der Waals surface area contributed by atoms with E-state index >= 15 is 0 Å². The summed E-state index contributed by atoms with van der Waals surface area (Å²) in [6, 6.07) is 9.08. The van der Waals surface area contributed by atoms with Gasteiger partial charge in [-0.15, -0.1) is 0 Å². The van der Waals surface area contributed by atoms with Crippen LogP contribution >= 0.6 is 0 Å². The van der Waals surface area contributed by atoms with Gasteiger partial charge in [0.25, 0.3) is 0 Å². The molecule has 102 valence electrons. The van der Waals surface area contributed by atoms with Crippen LogP contribution in [0.5, 0.6) is 0 Å². The molecule has 0 aliphatic carbocycles. The lowest BCUT2D eigenvalue weighted by Gasteiger charge is -2.05. The lowest BCUT2D eigenvalue weighted by Crippen LogP contribution is -2.01. The molecule has 0 amide bonds. The summed E-state index contributed by atoms with van der Waals surface area (Å²) < 4.78 is 0. The van der Waals surface area contributed by atoms with Crippen molar-refractivity contribution in [3.63, 3.8) is 0 Å². The third-order valence-corrected chi connectivity index (χ3v) is 3.38. The molecule has 0 spiro atoms. The molecule has 0 radical (unpaired) electrons. The van der Waals surface area contributed by atoms with E-state index in [1.807, 2.05) is 13.8 Å². The number of aromatic amines is 1. The second-order valence-corrected chi connectivity index (χ2v) is 4.53. The number of hydrogen-bond acceptors (Lipinski definition) is 2. The molecule has 0 saturated heterocycles. The first-order valence-electron chi connectivity index (χ1n) is 6.59. The normalized spacial score (nSPS) is 10.2. The molecular formula is C16H16N2O2. The summed E-state index contributed by atoms with van der Waals surface area (Å²) in [5.41, 5.74) is 4.14. The van der Waals surface area contributed by atoms with Gasteiger partial charge >= 0.3 is 5.97 Å². The highest BCUT2D eigenvalue weighted by Gasteiger charge is 2.22. The van der Waals surface area contributed by atoms with E-state index in [-0.39, 0.29) is 0 Å². The molecule has 0 fully saturated rings. The molecule has 0 aliphatic rings. The topological polar surface area (TPSA) is 76.9 Å². The first-order valence-corrected chi connectivity index (χ1v) is 6.59. The van der Waals surface area contributed by atoms with Gasteiger partial charge in [-0.05, 0) is 30.5 Å². The molecule has 2 N–H and O–H groups in total. The van der Waals surface area contributed by atoms with Crippen molar-refractivity contribution in [3.8, 4) is 17.2 Å². The van der Waals surface area contributed by atoms with Crippen molar-refractivity contribution in [1.29, 1.82) is 5.26 Å². The standard InChI is InChI=1S/C16H16N2O2/c1-3-12-14(11-7-5-10(9-17)6-8-11)15(16(19)20)13(4-2)18-12/h5-8,18H,3-4H2,1-2H3,(H,19,20). The van der Waals surface area contributed by atoms with Crippen LogP contribution in [-0.2, 0) is 12.8 Å². The lowest BCUT2D eigenvalue weighted by molar-refractivity contribution is 0.0696. The first-order chi connectivity index (χ1) is 9.62. The summed E-state index contributed by atoms with van der Waals surface area (Å²) in [7, 11) is 0. The second kappa shape index (κ2) is 5.62. The third kappa shape index (κ3) is 2.30. The van der Waals surface area contributed by atoms with Crippen LogP contribution in [0, 0.1) is 11.3 Å². The van der Waals surface area contributed by atoms with Crippen LogP contribution in [0.4, 0.5) is 0 Å². The van der Waals surface area contributed by atoms with Crippen LogP contribution in [-0.4, -0.2) is 16.1 Å². The van der Waals surface area contributed by atoms with E-state index in [1.54, 1.807) is 24.3 Å². The SMILES string of the molecule is CCc1[nH]c(CC)c(-c2ccc(C#N)cc2)c1C(=O)O. The molecule has 0 saturated carbocycles. The lowest BCUT2D eigenvalue weighted by atomic mass is 9.98. The van der Waals surface area contributed by atoms with Gasteiger partial charge < -0.3 is 10.1 Å². The van der Waals surface area contributed by atoms with Crippen LogP contribution in [0.1, 0.15) is 41.2 Å². The Hall–Kier alpha value is -2.54. The van der Waals surface area contributed by atoms with E-state index in [0.29, 0.717) is 17.5 Å². The number of hydrogen-bond donors (Lipinski definition) is 2. The smallest absolute Gasteiger partial charge is 0.338 e. The predicted molar refractivity (Wildman–Crippen MR) is 76.7 cm³/mol. The minimum atomic E-state index is -0.919. The van der Waals surface area contributed by atoms with E-state index in [9.17, 15) is 9.90 Å². The van der Waals surface area contributed by atoms with Crippen molar-refractivity contribution in [1.82, 2.24) is 4.98 Å². The molecule has 4 heteroatoms. The highest BCUT2D eigenvalue weighted by atomic mass is 16.4. The number of H-pyrrole nitrogens is 1. The van der Waals surface area contributed by atoms with Gasteiger partial charge in [-0.3, -0.25) is 0 Å². The number of nitriles is 1. The van der Waals surface area contributed by atoms with E-state index < -0.39 is 5.97 Å². The summed E-state index contributed by atoms with van der Waals surface area (Å²) in [6.45, 7) is 3.92. The maximum atomic E-state index is 11.6. The van der Waals surface area contributed by atoms with Gasteiger partial charge in [0.15, 0.2) is 0 Å². The molecule has 20 heavy (non-hydrogen) atoms. The highest BCUT2D eigenvalue weighted by molar-refractivity contribution is 5.98. The number of aromatic nitrogens is 1. The Bertz CT molecular complexity index is 676. The van der Waals surface area contributed by atoms with Gasteiger partial charge in [-0.1, -0.05) is 26.0 Å². The maximum absolute atomic E-state index is 11.6. The van der Waals surface area contributed by atoms with Crippen molar-refractivity contribution >= 4 is 5.97 Å². The Balaban J connectivity index is 2.67. The number of benzene rings is 1. The van der Waals surface area contributed by atoms with E-state index in [2.05, 4.69) is 11.1 Å². The molecule has 0 aliphatic heterocycles. The van der Waals surface area contributed by atoms with E-state index in [0.717, 1.165) is 28.9 Å². The fourth-order valence-electron chi connectivity index (χ4n) is 2.41. The quantitative estimate of drug-likeness (QED) is 0.892. The minimum Gasteiger partial charge on any atom is -0.478 e. The Morgan fingerprint density at radius 1 is 1.20 bits per heavy atom. The highest BCUT2D eigenvalue weighted by Crippen LogP contribution is 2.31. The summed E-state index contributed by atoms with van der Waals surface area (Å²) in [5.74, 6) is -0.919. The molecule has 0 bridgehead atoms. The van der Waals surface area contributed by atoms with Crippen molar-refractivity contribution in [2.24, 2.45) is 0 Å². The number of nitrogens with one attached hydrogen (secondary N) is 1. The summed E-state index contributed by atoms with van der Waals surface area (Å²) in [4.78, 5) is 14.8. The second-order valence-electron chi connectivity index (χ2n) is 4.53. The van der Waals surface area contributed by atoms with E-state index in [1.165, 1.54) is 0 Å². The Kier molecular flexibility index (Phi) is 3.90. The number of aryl methyl sites for hydroxylation is 2. The Labute approximate surface area is 117 Å². The van der Waals surface area contributed by atoms with Gasteiger partial charge in [0.05, 0.1) is 17.2 Å². The van der Waals surface area contributed by atoms with Gasteiger partial charge in [0.2, 0.25) is 0 Å². The minimum absolute atomic E-state index is 0.342. The van der Waals surface area contributed by atoms with Crippen molar-refractivity contribution in [2.45, 2.75) is 26.7 Å². The molecule has 0 unspecified atom stereocenters. The van der Waals surface area contributed by atoms with Crippen LogP contribution in [0.2, 0.25) is 0 Å². The van der Waals surface area contributed by atoms with Crippen molar-refractivity contribution < 1.29 is 9.90 Å². The van der Waals surface area contributed by atoms with Gasteiger partial charge in [-0.2, -0.15) is 5.26 Å². The summed E-state index contributed by atoms with van der Waals surface area (Å²) in [6.07, 6.45) is 1.38. The predicted octanol–water partition coefficient (Wildman–Crippen LogP) is 3.38. The number of aromatic carboxylic acids is 1. The fraction of sp³-hybridized carbons (Fsp3) is 0.250. The molecule has 4 nitrogen and oxygen atoms in total. The summed E-state index contributed by atoms with van der Waals surface area (Å²) >= 11 is 0. The van der Waals surface area contributed by atoms with Gasteiger partial charge in [-0.25, -0.2) is 4.79 Å². The van der Waals surface area contributed by atoms with Gasteiger partial charge in [0.1, 0.15) is 0 Å². The molecular weight excluding hydrogens is 252 g/mol. The largest absolute Gasteiger partial charge is 0.478 e. The monoisotopic (exact) mass is 268 g/mol. The number of carboxylic acids is 1. The molecule has 1 aromatic heterocycles. The van der Waals surface area contributed by atoms with E-state index in [4.69, 9.17) is 5.26 Å². The molecule has 2 rings (SSSR count). The number of carboxylic acid groups (broad SMARTS) is 1. The first kappa shape index (κ1) is 13.9. The molecule has 2 aromatic rings. The van der Waals surface area contributed by atoms with Crippen LogP contribution in [0.3, 0.4) is 0 Å². The van der Waals surface area contributed by atoms with Crippen LogP contribution in [0.25, 0.3) is 11.1 Å². The fourth-order valence-corrected chi connectivity index (χ4v) is 2.41. The molecule has 0 atom stereocenters. The average molecular weight is 268 g/mol. The summed E-state index contributed by atoms with van der Waals surface area (Å²) in [5, 5.41) is 18.3. The number of nitrogens with zero attached hydrogens (tertiary/aromatic N) is 1. The van der Waals surface area contributed by atoms with Crippen molar-refractivity contribution in [2.75, 3.05) is 0 Å². The average Bonchev–Trinajstić information content (AvgIpc) is 2.86. The zero-order valence-corrected chi connectivity index (χ0v) is 11.5. The Morgan fingerprint density at radius 2 is 1.80 bits per heavy atom. The zero-order valence-electron chi connectivity index (χ0n) is 11.5.